The van der Waals surface area contributed by atoms with E-state index in [-0.39, 0.29) is 0 Å². The molecule has 1 saturated heterocycles. The molecule has 72 valence electrons. The highest BCUT2D eigenvalue weighted by Gasteiger charge is 2.33. The molecule has 1 aliphatic rings. The number of thiophene rings is 1. The van der Waals surface area contributed by atoms with E-state index in [1.807, 2.05) is 11.3 Å². The van der Waals surface area contributed by atoms with Crippen molar-refractivity contribution < 1.29 is 0 Å². The maximum Gasteiger partial charge on any atom is 0.0328 e. The molecule has 13 heavy (non-hydrogen) atoms. The van der Waals surface area contributed by atoms with Crippen LogP contribution in [0.25, 0.3) is 0 Å². The molecule has 0 N–H and O–H groups in total. The Bertz CT molecular complexity index is 298. The van der Waals surface area contributed by atoms with Crippen LogP contribution in [0, 0.1) is 5.41 Å². The zero-order valence-electron chi connectivity index (χ0n) is 8.01. The fourth-order valence-corrected chi connectivity index (χ4v) is 3.43. The lowest BCUT2D eigenvalue weighted by Crippen LogP contribution is -2.51. The summed E-state index contributed by atoms with van der Waals surface area (Å²) >= 11 is 5.32. The minimum absolute atomic E-state index is 0.550. The van der Waals surface area contributed by atoms with Gasteiger partial charge in [-0.05, 0) is 27.4 Å². The molecule has 0 saturated carbocycles. The summed E-state index contributed by atoms with van der Waals surface area (Å²) in [7, 11) is 0. The smallest absolute Gasteiger partial charge is 0.0328 e. The molecule has 2 heterocycles. The van der Waals surface area contributed by atoms with Crippen molar-refractivity contribution in [3.05, 3.63) is 20.8 Å². The molecule has 1 aliphatic heterocycles. The van der Waals surface area contributed by atoms with E-state index in [1.54, 1.807) is 0 Å². The molecule has 0 amide bonds. The summed E-state index contributed by atoms with van der Waals surface area (Å²) in [5.74, 6) is 0. The summed E-state index contributed by atoms with van der Waals surface area (Å²) in [6, 6.07) is 2.22. The quantitative estimate of drug-likeness (QED) is 0.788. The molecule has 0 atom stereocenters. The highest BCUT2D eigenvalue weighted by Crippen LogP contribution is 2.31. The van der Waals surface area contributed by atoms with Gasteiger partial charge in [0.1, 0.15) is 0 Å². The Balaban J connectivity index is 1.87. The first-order chi connectivity index (χ1) is 6.05. The second kappa shape index (κ2) is 3.37. The number of nitrogens with zero attached hydrogens (tertiary/aromatic N) is 1. The highest BCUT2D eigenvalue weighted by molar-refractivity contribution is 9.10. The molecule has 1 aromatic rings. The van der Waals surface area contributed by atoms with Gasteiger partial charge in [0.05, 0.1) is 0 Å². The van der Waals surface area contributed by atoms with Crippen LogP contribution >= 0.6 is 27.3 Å². The normalized spacial score (nSPS) is 21.5. The summed E-state index contributed by atoms with van der Waals surface area (Å²) < 4.78 is 1.22. The van der Waals surface area contributed by atoms with Gasteiger partial charge in [-0.3, -0.25) is 4.90 Å². The first-order valence-electron chi connectivity index (χ1n) is 4.50. The number of hydrogen-bond donors (Lipinski definition) is 0. The van der Waals surface area contributed by atoms with E-state index in [0.29, 0.717) is 5.41 Å². The van der Waals surface area contributed by atoms with Gasteiger partial charge in [0, 0.05) is 34.4 Å². The third-order valence-electron chi connectivity index (χ3n) is 2.30. The van der Waals surface area contributed by atoms with Crippen molar-refractivity contribution in [2.45, 2.75) is 20.4 Å². The van der Waals surface area contributed by atoms with Gasteiger partial charge in [-0.15, -0.1) is 11.3 Å². The van der Waals surface area contributed by atoms with E-state index in [9.17, 15) is 0 Å². The number of rotatable bonds is 2. The number of likely N-dealkylation sites (tertiary alicyclic amines) is 1. The molecule has 1 nitrogen and oxygen atoms in total. The van der Waals surface area contributed by atoms with Crippen LogP contribution in [-0.2, 0) is 6.54 Å². The summed E-state index contributed by atoms with van der Waals surface area (Å²) in [4.78, 5) is 3.96. The molecule has 1 aromatic heterocycles. The first kappa shape index (κ1) is 9.69. The lowest BCUT2D eigenvalue weighted by Gasteiger charge is -2.45. The van der Waals surface area contributed by atoms with Crippen molar-refractivity contribution in [3.8, 4) is 0 Å². The van der Waals surface area contributed by atoms with Gasteiger partial charge < -0.3 is 0 Å². The van der Waals surface area contributed by atoms with Crippen molar-refractivity contribution in [1.82, 2.24) is 4.90 Å². The third kappa shape index (κ3) is 2.33. The molecule has 0 aromatic carbocycles. The van der Waals surface area contributed by atoms with E-state index < -0.39 is 0 Å². The molecule has 3 heteroatoms. The number of halogens is 1. The Morgan fingerprint density at radius 2 is 2.23 bits per heavy atom. The SMILES string of the molecule is CC1(C)CN(Cc2cc(Br)cs2)C1. The minimum atomic E-state index is 0.550. The highest BCUT2D eigenvalue weighted by atomic mass is 79.9. The van der Waals surface area contributed by atoms with Crippen LogP contribution < -0.4 is 0 Å². The average Bonchev–Trinajstić information content (AvgIpc) is 2.31. The second-order valence-corrected chi connectivity index (χ2v) is 6.45. The van der Waals surface area contributed by atoms with Gasteiger partial charge in [-0.1, -0.05) is 13.8 Å². The molecule has 0 unspecified atom stereocenters. The molecule has 1 fully saturated rings. The first-order valence-corrected chi connectivity index (χ1v) is 6.18. The Labute approximate surface area is 91.9 Å². The fourth-order valence-electron chi connectivity index (χ4n) is 1.93. The summed E-state index contributed by atoms with van der Waals surface area (Å²) in [5.41, 5.74) is 0.550. The van der Waals surface area contributed by atoms with Crippen LogP contribution in [0.3, 0.4) is 0 Å². The van der Waals surface area contributed by atoms with Gasteiger partial charge in [0.25, 0.3) is 0 Å². The zero-order chi connectivity index (χ0) is 9.47. The van der Waals surface area contributed by atoms with Gasteiger partial charge in [-0.2, -0.15) is 0 Å². The Morgan fingerprint density at radius 1 is 1.54 bits per heavy atom. The molecular formula is C10H14BrNS. The Kier molecular flexibility index (Phi) is 2.51. The van der Waals surface area contributed by atoms with E-state index in [1.165, 1.54) is 22.4 Å². The third-order valence-corrected chi connectivity index (χ3v) is 3.99. The fraction of sp³-hybridized carbons (Fsp3) is 0.600. The molecular weight excluding hydrogens is 246 g/mol. The van der Waals surface area contributed by atoms with Crippen molar-refractivity contribution in [2.75, 3.05) is 13.1 Å². The predicted molar refractivity (Wildman–Crippen MR) is 61.1 cm³/mol. The monoisotopic (exact) mass is 259 g/mol. The molecule has 0 bridgehead atoms. The Morgan fingerprint density at radius 3 is 2.69 bits per heavy atom. The van der Waals surface area contributed by atoms with Crippen molar-refractivity contribution in [3.63, 3.8) is 0 Å². The van der Waals surface area contributed by atoms with E-state index in [4.69, 9.17) is 0 Å². The predicted octanol–water partition coefficient (Wildman–Crippen LogP) is 3.35. The zero-order valence-corrected chi connectivity index (χ0v) is 10.4. The van der Waals surface area contributed by atoms with Gasteiger partial charge in [0.15, 0.2) is 0 Å². The average molecular weight is 260 g/mol. The van der Waals surface area contributed by atoms with Gasteiger partial charge in [-0.25, -0.2) is 0 Å². The standard InChI is InChI=1S/C10H14BrNS/c1-10(2)6-12(7-10)4-9-3-8(11)5-13-9/h3,5H,4,6-7H2,1-2H3. The lowest BCUT2D eigenvalue weighted by molar-refractivity contribution is 0.0251. The second-order valence-electron chi connectivity index (χ2n) is 4.54. The summed E-state index contributed by atoms with van der Waals surface area (Å²) in [6.07, 6.45) is 0. The van der Waals surface area contributed by atoms with Crippen LogP contribution in [0.1, 0.15) is 18.7 Å². The maximum absolute atomic E-state index is 3.48. The lowest BCUT2D eigenvalue weighted by atomic mass is 9.84. The van der Waals surface area contributed by atoms with Gasteiger partial charge in [0.2, 0.25) is 0 Å². The molecule has 0 aliphatic carbocycles. The molecule has 2 rings (SSSR count). The largest absolute Gasteiger partial charge is 0.297 e. The van der Waals surface area contributed by atoms with Crippen LogP contribution in [0.4, 0.5) is 0 Å². The molecule has 0 spiro atoms. The van der Waals surface area contributed by atoms with E-state index >= 15 is 0 Å². The maximum atomic E-state index is 3.48. The van der Waals surface area contributed by atoms with E-state index in [0.717, 1.165) is 6.54 Å². The van der Waals surface area contributed by atoms with Crippen molar-refractivity contribution in [2.24, 2.45) is 5.41 Å². The molecule has 0 radical (unpaired) electrons. The summed E-state index contributed by atoms with van der Waals surface area (Å²) in [5, 5.41) is 2.15. The van der Waals surface area contributed by atoms with Crippen LogP contribution in [0.2, 0.25) is 0 Å². The van der Waals surface area contributed by atoms with Crippen molar-refractivity contribution >= 4 is 27.3 Å². The van der Waals surface area contributed by atoms with E-state index in [2.05, 4.69) is 46.1 Å². The Hall–Kier alpha value is 0.140. The van der Waals surface area contributed by atoms with Crippen LogP contribution in [0.5, 0.6) is 0 Å². The minimum Gasteiger partial charge on any atom is -0.297 e. The topological polar surface area (TPSA) is 3.24 Å². The van der Waals surface area contributed by atoms with Gasteiger partial charge >= 0.3 is 0 Å². The summed E-state index contributed by atoms with van der Waals surface area (Å²) in [6.45, 7) is 8.26. The van der Waals surface area contributed by atoms with Crippen molar-refractivity contribution in [1.29, 1.82) is 0 Å². The van der Waals surface area contributed by atoms with Crippen LogP contribution in [-0.4, -0.2) is 18.0 Å². The number of hydrogen-bond acceptors (Lipinski definition) is 2. The van der Waals surface area contributed by atoms with Crippen LogP contribution in [0.15, 0.2) is 15.9 Å².